The van der Waals surface area contributed by atoms with Crippen LogP contribution in [0.25, 0.3) is 0 Å². The predicted octanol–water partition coefficient (Wildman–Crippen LogP) is 4.29. The Morgan fingerprint density at radius 1 is 1.24 bits per heavy atom. The highest BCUT2D eigenvalue weighted by Gasteiger charge is 2.19. The minimum Gasteiger partial charge on any atom is -0.488 e. The molecule has 1 aromatic carbocycles. The van der Waals surface area contributed by atoms with Crippen molar-refractivity contribution in [2.75, 3.05) is 13.2 Å². The molecule has 0 spiro atoms. The molecule has 0 aliphatic carbocycles. The van der Waals surface area contributed by atoms with Gasteiger partial charge in [0, 0.05) is 23.4 Å². The maximum absolute atomic E-state index is 6.13. The summed E-state index contributed by atoms with van der Waals surface area (Å²) in [6, 6.07) is 3.46. The molecule has 94 valence electrons. The second-order valence-corrected chi connectivity index (χ2v) is 5.05. The van der Waals surface area contributed by atoms with Crippen LogP contribution < -0.4 is 4.74 Å². The van der Waals surface area contributed by atoms with Crippen LogP contribution >= 0.6 is 34.8 Å². The van der Waals surface area contributed by atoms with Crippen molar-refractivity contribution in [3.05, 3.63) is 27.7 Å². The summed E-state index contributed by atoms with van der Waals surface area (Å²) in [7, 11) is 0. The van der Waals surface area contributed by atoms with Crippen LogP contribution in [0.4, 0.5) is 0 Å². The smallest absolute Gasteiger partial charge is 0.142 e. The second-order valence-electron chi connectivity index (χ2n) is 3.94. The third-order valence-corrected chi connectivity index (χ3v) is 3.47. The summed E-state index contributed by atoms with van der Waals surface area (Å²) in [4.78, 5) is 0. The van der Waals surface area contributed by atoms with Crippen molar-refractivity contribution in [2.45, 2.75) is 24.8 Å². The average molecular weight is 296 g/mol. The first-order valence-electron chi connectivity index (χ1n) is 5.49. The molecule has 1 heterocycles. The van der Waals surface area contributed by atoms with Crippen molar-refractivity contribution in [3.8, 4) is 5.75 Å². The molecule has 1 aliphatic heterocycles. The van der Waals surface area contributed by atoms with Crippen molar-refractivity contribution in [3.63, 3.8) is 0 Å². The van der Waals surface area contributed by atoms with Gasteiger partial charge < -0.3 is 9.47 Å². The first-order chi connectivity index (χ1) is 8.20. The number of benzene rings is 1. The largest absolute Gasteiger partial charge is 0.488 e. The van der Waals surface area contributed by atoms with E-state index in [-0.39, 0.29) is 6.10 Å². The van der Waals surface area contributed by atoms with Gasteiger partial charge in [0.2, 0.25) is 0 Å². The molecule has 1 aromatic rings. The summed E-state index contributed by atoms with van der Waals surface area (Å²) in [6.45, 7) is 1.46. The van der Waals surface area contributed by atoms with Crippen molar-refractivity contribution < 1.29 is 9.47 Å². The lowest BCUT2D eigenvalue weighted by molar-refractivity contribution is 0.0253. The minimum atomic E-state index is 0.143. The Morgan fingerprint density at radius 2 is 1.94 bits per heavy atom. The van der Waals surface area contributed by atoms with Gasteiger partial charge in [0.25, 0.3) is 0 Å². The van der Waals surface area contributed by atoms with Gasteiger partial charge in [0.1, 0.15) is 11.9 Å². The van der Waals surface area contributed by atoms with E-state index in [1.807, 2.05) is 0 Å². The van der Waals surface area contributed by atoms with Crippen LogP contribution in [0.3, 0.4) is 0 Å². The Balaban J connectivity index is 2.18. The third kappa shape index (κ3) is 3.41. The lowest BCUT2D eigenvalue weighted by Gasteiger charge is -2.25. The predicted molar refractivity (Wildman–Crippen MR) is 70.5 cm³/mol. The molecule has 17 heavy (non-hydrogen) atoms. The summed E-state index contributed by atoms with van der Waals surface area (Å²) in [5.41, 5.74) is 0.829. The molecule has 0 unspecified atom stereocenters. The molecule has 2 rings (SSSR count). The molecule has 0 N–H and O–H groups in total. The van der Waals surface area contributed by atoms with Crippen molar-refractivity contribution in [1.29, 1.82) is 0 Å². The van der Waals surface area contributed by atoms with Crippen LogP contribution in [0.15, 0.2) is 12.1 Å². The molecule has 0 atom stereocenters. The van der Waals surface area contributed by atoms with E-state index in [1.54, 1.807) is 12.1 Å². The topological polar surface area (TPSA) is 18.5 Å². The van der Waals surface area contributed by atoms with Crippen molar-refractivity contribution >= 4 is 34.8 Å². The van der Waals surface area contributed by atoms with Gasteiger partial charge in [-0.2, -0.15) is 0 Å². The second kappa shape index (κ2) is 6.14. The number of ether oxygens (including phenoxy) is 2. The average Bonchev–Trinajstić information content (AvgIpc) is 2.33. The molecular weight excluding hydrogens is 282 g/mol. The Hall–Kier alpha value is -0.150. The fourth-order valence-electron chi connectivity index (χ4n) is 1.81. The zero-order valence-electron chi connectivity index (χ0n) is 9.22. The summed E-state index contributed by atoms with van der Waals surface area (Å²) in [5, 5.41) is 1.09. The van der Waals surface area contributed by atoms with E-state index < -0.39 is 0 Å². The van der Waals surface area contributed by atoms with Crippen LogP contribution in [-0.2, 0) is 10.6 Å². The number of hydrogen-bond acceptors (Lipinski definition) is 2. The van der Waals surface area contributed by atoms with E-state index in [2.05, 4.69) is 0 Å². The molecule has 0 radical (unpaired) electrons. The molecule has 0 aromatic heterocycles. The van der Waals surface area contributed by atoms with E-state index >= 15 is 0 Å². The maximum Gasteiger partial charge on any atom is 0.142 e. The molecule has 5 heteroatoms. The quantitative estimate of drug-likeness (QED) is 0.775. The monoisotopic (exact) mass is 294 g/mol. The van der Waals surface area contributed by atoms with E-state index in [0.29, 0.717) is 21.7 Å². The van der Waals surface area contributed by atoms with E-state index in [0.717, 1.165) is 31.6 Å². The lowest BCUT2D eigenvalue weighted by Crippen LogP contribution is -2.26. The van der Waals surface area contributed by atoms with Crippen molar-refractivity contribution in [1.82, 2.24) is 0 Å². The van der Waals surface area contributed by atoms with E-state index in [9.17, 15) is 0 Å². The zero-order chi connectivity index (χ0) is 12.3. The lowest BCUT2D eigenvalue weighted by atomic mass is 10.1. The summed E-state index contributed by atoms with van der Waals surface area (Å²) in [5.74, 6) is 0.983. The third-order valence-electron chi connectivity index (χ3n) is 2.68. The molecule has 0 bridgehead atoms. The minimum absolute atomic E-state index is 0.143. The molecule has 2 nitrogen and oxygen atoms in total. The Labute approximate surface area is 116 Å². The van der Waals surface area contributed by atoms with Crippen LogP contribution in [-0.4, -0.2) is 19.3 Å². The highest BCUT2D eigenvalue weighted by atomic mass is 35.5. The van der Waals surface area contributed by atoms with Gasteiger partial charge in [0.05, 0.1) is 24.1 Å². The van der Waals surface area contributed by atoms with Gasteiger partial charge in [-0.1, -0.05) is 23.2 Å². The normalized spacial score (nSPS) is 17.1. The highest BCUT2D eigenvalue weighted by Crippen LogP contribution is 2.35. The summed E-state index contributed by atoms with van der Waals surface area (Å²) in [6.07, 6.45) is 1.89. The van der Waals surface area contributed by atoms with Gasteiger partial charge >= 0.3 is 0 Å². The van der Waals surface area contributed by atoms with E-state index in [1.165, 1.54) is 0 Å². The fourth-order valence-corrected chi connectivity index (χ4v) is 2.58. The molecule has 1 fully saturated rings. The van der Waals surface area contributed by atoms with Crippen LogP contribution in [0.2, 0.25) is 10.0 Å². The SMILES string of the molecule is ClCc1cc(Cl)cc(Cl)c1OC1CCOCC1. The first-order valence-corrected chi connectivity index (χ1v) is 6.78. The number of alkyl halides is 1. The maximum atomic E-state index is 6.13. The number of hydrogen-bond donors (Lipinski definition) is 0. The Bertz CT molecular complexity index is 390. The number of rotatable bonds is 3. The van der Waals surface area contributed by atoms with Gasteiger partial charge in [-0.3, -0.25) is 0 Å². The van der Waals surface area contributed by atoms with Gasteiger partial charge in [-0.05, 0) is 12.1 Å². The highest BCUT2D eigenvalue weighted by molar-refractivity contribution is 6.36. The molecule has 1 aliphatic rings. The number of halogens is 3. The molecular formula is C12H13Cl3O2. The van der Waals surface area contributed by atoms with Crippen LogP contribution in [0.1, 0.15) is 18.4 Å². The van der Waals surface area contributed by atoms with Crippen LogP contribution in [0.5, 0.6) is 5.75 Å². The van der Waals surface area contributed by atoms with Crippen molar-refractivity contribution in [2.24, 2.45) is 0 Å². The van der Waals surface area contributed by atoms with Gasteiger partial charge in [0.15, 0.2) is 0 Å². The zero-order valence-corrected chi connectivity index (χ0v) is 11.5. The fraction of sp³-hybridized carbons (Fsp3) is 0.500. The molecule has 0 amide bonds. The standard InChI is InChI=1S/C12H13Cl3O2/c13-7-8-5-9(14)6-11(15)12(8)17-10-1-3-16-4-2-10/h5-6,10H,1-4,7H2. The molecule has 0 saturated carbocycles. The molecule has 1 saturated heterocycles. The summed E-state index contributed by atoms with van der Waals surface area (Å²) >= 11 is 17.9. The Kier molecular flexibility index (Phi) is 4.80. The van der Waals surface area contributed by atoms with E-state index in [4.69, 9.17) is 44.3 Å². The van der Waals surface area contributed by atoms with Gasteiger partial charge in [-0.25, -0.2) is 0 Å². The first kappa shape index (κ1) is 13.3. The van der Waals surface area contributed by atoms with Gasteiger partial charge in [-0.15, -0.1) is 11.6 Å². The Morgan fingerprint density at radius 3 is 2.59 bits per heavy atom. The van der Waals surface area contributed by atoms with Crippen LogP contribution in [0, 0.1) is 0 Å². The summed E-state index contributed by atoms with van der Waals surface area (Å²) < 4.78 is 11.2.